The van der Waals surface area contributed by atoms with Crippen molar-refractivity contribution in [2.75, 3.05) is 0 Å². The zero-order valence-electron chi connectivity index (χ0n) is 8.30. The summed E-state index contributed by atoms with van der Waals surface area (Å²) in [6.45, 7) is 1.85. The van der Waals surface area contributed by atoms with E-state index in [4.69, 9.17) is 9.52 Å². The van der Waals surface area contributed by atoms with Crippen LogP contribution in [0.25, 0.3) is 11.0 Å². The van der Waals surface area contributed by atoms with Gasteiger partial charge in [0, 0.05) is 17.0 Å². The van der Waals surface area contributed by atoms with E-state index in [9.17, 15) is 4.79 Å². The molecule has 4 heteroatoms. The first-order valence-electron chi connectivity index (χ1n) is 4.72. The third-order valence-electron chi connectivity index (χ3n) is 2.35. The van der Waals surface area contributed by atoms with E-state index >= 15 is 0 Å². The number of aliphatic carboxylic acids is 1. The van der Waals surface area contributed by atoms with Crippen molar-refractivity contribution < 1.29 is 14.3 Å². The molecule has 0 fully saturated rings. The van der Waals surface area contributed by atoms with Crippen LogP contribution in [0.1, 0.15) is 25.0 Å². The Morgan fingerprint density at radius 3 is 3.20 bits per heavy atom. The molecule has 2 heterocycles. The van der Waals surface area contributed by atoms with E-state index in [-0.39, 0.29) is 12.3 Å². The Labute approximate surface area is 86.5 Å². The van der Waals surface area contributed by atoms with Gasteiger partial charge < -0.3 is 9.52 Å². The Morgan fingerprint density at radius 2 is 2.47 bits per heavy atom. The number of hydrogen-bond acceptors (Lipinski definition) is 3. The van der Waals surface area contributed by atoms with Gasteiger partial charge in [-0.15, -0.1) is 0 Å². The molecule has 78 valence electrons. The highest BCUT2D eigenvalue weighted by molar-refractivity contribution is 5.76. The summed E-state index contributed by atoms with van der Waals surface area (Å²) >= 11 is 0. The number of rotatable bonds is 3. The Kier molecular flexibility index (Phi) is 2.41. The number of fused-ring (bicyclic) bond motifs is 1. The summed E-state index contributed by atoms with van der Waals surface area (Å²) in [7, 11) is 0. The first kappa shape index (κ1) is 9.71. The monoisotopic (exact) mass is 205 g/mol. The summed E-state index contributed by atoms with van der Waals surface area (Å²) < 4.78 is 5.15. The molecule has 0 saturated heterocycles. The lowest BCUT2D eigenvalue weighted by Crippen LogP contribution is -2.04. The van der Waals surface area contributed by atoms with E-state index in [1.807, 2.05) is 19.1 Å². The predicted octanol–water partition coefficient (Wildman–Crippen LogP) is 2.41. The van der Waals surface area contributed by atoms with Gasteiger partial charge in [-0.25, -0.2) is 0 Å². The lowest BCUT2D eigenvalue weighted by Gasteiger charge is -2.07. The lowest BCUT2D eigenvalue weighted by molar-refractivity contribution is -0.137. The van der Waals surface area contributed by atoms with Gasteiger partial charge in [0.2, 0.25) is 0 Å². The van der Waals surface area contributed by atoms with Crippen LogP contribution in [-0.4, -0.2) is 16.1 Å². The molecule has 0 amide bonds. The Balaban J connectivity index is 2.30. The number of furan rings is 1. The van der Waals surface area contributed by atoms with Crippen molar-refractivity contribution in [2.24, 2.45) is 0 Å². The summed E-state index contributed by atoms with van der Waals surface area (Å²) in [4.78, 5) is 14.7. The normalized spacial score (nSPS) is 12.9. The smallest absolute Gasteiger partial charge is 0.304 e. The molecule has 0 saturated carbocycles. The van der Waals surface area contributed by atoms with Crippen LogP contribution in [0, 0.1) is 0 Å². The number of hydrogen-bond donors (Lipinski definition) is 1. The molecule has 0 spiro atoms. The van der Waals surface area contributed by atoms with Crippen molar-refractivity contribution in [3.63, 3.8) is 0 Å². The number of nitrogens with zero attached hydrogens (tertiary/aromatic N) is 1. The third kappa shape index (κ3) is 1.98. The summed E-state index contributed by atoms with van der Waals surface area (Å²) in [5, 5.41) is 9.63. The maximum absolute atomic E-state index is 10.6. The molecule has 2 aromatic rings. The quantitative estimate of drug-likeness (QED) is 0.835. The molecule has 0 bridgehead atoms. The summed E-state index contributed by atoms with van der Waals surface area (Å²) in [5.41, 5.74) is 1.51. The van der Waals surface area contributed by atoms with Crippen molar-refractivity contribution in [1.29, 1.82) is 0 Å². The zero-order valence-corrected chi connectivity index (χ0v) is 8.30. The van der Waals surface area contributed by atoms with Crippen LogP contribution in [0.3, 0.4) is 0 Å². The van der Waals surface area contributed by atoms with Crippen LogP contribution in [0.15, 0.2) is 29.0 Å². The third-order valence-corrected chi connectivity index (χ3v) is 2.35. The van der Waals surface area contributed by atoms with Gasteiger partial charge in [0.05, 0.1) is 18.9 Å². The van der Waals surface area contributed by atoms with Gasteiger partial charge in [0.1, 0.15) is 0 Å². The highest BCUT2D eigenvalue weighted by Gasteiger charge is 2.12. The predicted molar refractivity (Wildman–Crippen MR) is 54.7 cm³/mol. The van der Waals surface area contributed by atoms with Crippen LogP contribution in [0.5, 0.6) is 0 Å². The van der Waals surface area contributed by atoms with Gasteiger partial charge in [-0.3, -0.25) is 9.78 Å². The molecule has 1 unspecified atom stereocenters. The summed E-state index contributed by atoms with van der Waals surface area (Å²) in [6.07, 6.45) is 3.32. The largest absolute Gasteiger partial charge is 0.481 e. The lowest BCUT2D eigenvalue weighted by atomic mass is 10.0. The Bertz CT molecular complexity index is 489. The van der Waals surface area contributed by atoms with Gasteiger partial charge >= 0.3 is 5.97 Å². The first-order valence-corrected chi connectivity index (χ1v) is 4.72. The van der Waals surface area contributed by atoms with E-state index in [0.717, 1.165) is 16.7 Å². The van der Waals surface area contributed by atoms with Gasteiger partial charge in [0.25, 0.3) is 0 Å². The molecule has 0 aliphatic rings. The maximum atomic E-state index is 10.6. The van der Waals surface area contributed by atoms with Gasteiger partial charge in [-0.05, 0) is 12.1 Å². The van der Waals surface area contributed by atoms with Crippen LogP contribution in [0.2, 0.25) is 0 Å². The van der Waals surface area contributed by atoms with Crippen LogP contribution < -0.4 is 0 Å². The molecule has 0 radical (unpaired) electrons. The van der Waals surface area contributed by atoms with Crippen LogP contribution in [-0.2, 0) is 4.79 Å². The van der Waals surface area contributed by atoms with Crippen molar-refractivity contribution in [3.05, 3.63) is 30.3 Å². The fourth-order valence-corrected chi connectivity index (χ4v) is 1.52. The molecule has 0 aromatic carbocycles. The molecule has 0 aliphatic carbocycles. The van der Waals surface area contributed by atoms with Crippen molar-refractivity contribution in [1.82, 2.24) is 4.98 Å². The standard InChI is InChI=1S/C11H11NO3/c1-7(4-11(13)14)9-5-8-2-3-15-10(8)6-12-9/h2-3,5-7H,4H2,1H3,(H,13,14). The number of carboxylic acid groups (broad SMARTS) is 1. The number of carboxylic acids is 1. The van der Waals surface area contributed by atoms with Gasteiger partial charge in [-0.1, -0.05) is 6.92 Å². The fraction of sp³-hybridized carbons (Fsp3) is 0.273. The Morgan fingerprint density at radius 1 is 1.67 bits per heavy atom. The average molecular weight is 205 g/mol. The number of pyridine rings is 1. The van der Waals surface area contributed by atoms with Crippen LogP contribution >= 0.6 is 0 Å². The molecule has 0 aliphatic heterocycles. The molecular weight excluding hydrogens is 194 g/mol. The minimum Gasteiger partial charge on any atom is -0.481 e. The SMILES string of the molecule is CC(CC(=O)O)c1cc2ccoc2cn1. The van der Waals surface area contributed by atoms with E-state index < -0.39 is 5.97 Å². The molecule has 4 nitrogen and oxygen atoms in total. The number of carbonyl (C=O) groups is 1. The van der Waals surface area contributed by atoms with E-state index in [1.54, 1.807) is 12.5 Å². The highest BCUT2D eigenvalue weighted by atomic mass is 16.4. The zero-order chi connectivity index (χ0) is 10.8. The fourth-order valence-electron chi connectivity index (χ4n) is 1.52. The van der Waals surface area contributed by atoms with Gasteiger partial charge in [0.15, 0.2) is 5.58 Å². The second kappa shape index (κ2) is 3.73. The van der Waals surface area contributed by atoms with Crippen molar-refractivity contribution in [3.8, 4) is 0 Å². The second-order valence-corrected chi connectivity index (χ2v) is 3.57. The first-order chi connectivity index (χ1) is 7.16. The topological polar surface area (TPSA) is 63.3 Å². The maximum Gasteiger partial charge on any atom is 0.304 e. The van der Waals surface area contributed by atoms with E-state index in [0.29, 0.717) is 0 Å². The minimum atomic E-state index is -0.809. The van der Waals surface area contributed by atoms with Crippen LogP contribution in [0.4, 0.5) is 0 Å². The number of aromatic nitrogens is 1. The molecule has 15 heavy (non-hydrogen) atoms. The van der Waals surface area contributed by atoms with E-state index in [2.05, 4.69) is 4.98 Å². The molecular formula is C11H11NO3. The highest BCUT2D eigenvalue weighted by Crippen LogP contribution is 2.21. The molecule has 1 N–H and O–H groups in total. The van der Waals surface area contributed by atoms with Crippen molar-refractivity contribution in [2.45, 2.75) is 19.3 Å². The molecule has 2 aromatic heterocycles. The minimum absolute atomic E-state index is 0.0817. The summed E-state index contributed by atoms with van der Waals surface area (Å²) in [6, 6.07) is 3.71. The van der Waals surface area contributed by atoms with E-state index in [1.165, 1.54) is 0 Å². The summed E-state index contributed by atoms with van der Waals surface area (Å²) in [5.74, 6) is -0.890. The molecule has 2 rings (SSSR count). The average Bonchev–Trinajstić information content (AvgIpc) is 2.62. The molecule has 1 atom stereocenters. The second-order valence-electron chi connectivity index (χ2n) is 3.57. The Hall–Kier alpha value is -1.84. The van der Waals surface area contributed by atoms with Crippen molar-refractivity contribution >= 4 is 16.9 Å². The van der Waals surface area contributed by atoms with Gasteiger partial charge in [-0.2, -0.15) is 0 Å².